The van der Waals surface area contributed by atoms with Gasteiger partial charge in [-0.25, -0.2) is 0 Å². The lowest BCUT2D eigenvalue weighted by Gasteiger charge is -2.52. The summed E-state index contributed by atoms with van der Waals surface area (Å²) >= 11 is 3.98. The highest BCUT2D eigenvalue weighted by Gasteiger charge is 2.49. The van der Waals surface area contributed by atoms with Gasteiger partial charge in [0.05, 0.1) is 0 Å². The predicted molar refractivity (Wildman–Crippen MR) is 157 cm³/mol. The fourth-order valence-corrected chi connectivity index (χ4v) is 6.90. The van der Waals surface area contributed by atoms with Crippen LogP contribution in [0.25, 0.3) is 0 Å². The Balaban J connectivity index is 1.94. The van der Waals surface area contributed by atoms with Crippen LogP contribution < -0.4 is 5.32 Å². The predicted octanol–water partition coefficient (Wildman–Crippen LogP) is 6.87. The van der Waals surface area contributed by atoms with Crippen LogP contribution >= 0.6 is 12.6 Å². The summed E-state index contributed by atoms with van der Waals surface area (Å²) in [7, 11) is 0. The zero-order valence-corrected chi connectivity index (χ0v) is 24.4. The molecule has 6 heteroatoms. The average molecular weight is 538 g/mol. The highest BCUT2D eigenvalue weighted by molar-refractivity contribution is 7.96. The molecule has 2 aliphatic carbocycles. The molecule has 1 unspecified atom stereocenters. The van der Waals surface area contributed by atoms with Gasteiger partial charge in [-0.15, -0.1) is 12.6 Å². The lowest BCUT2D eigenvalue weighted by Crippen LogP contribution is -2.45. The third-order valence-electron chi connectivity index (χ3n) is 8.46. The molecule has 5 nitrogen and oxygen atoms in total. The summed E-state index contributed by atoms with van der Waals surface area (Å²) in [5.74, 6) is 0.235. The van der Waals surface area contributed by atoms with E-state index in [0.717, 1.165) is 36.0 Å². The normalized spacial score (nSPS) is 29.2. The van der Waals surface area contributed by atoms with Gasteiger partial charge in [0.1, 0.15) is 17.6 Å². The molecule has 0 saturated heterocycles. The molecule has 2 aliphatic rings. The number of fused-ring (bicyclic) bond motifs is 1. The van der Waals surface area contributed by atoms with E-state index in [2.05, 4.69) is 70.8 Å². The van der Waals surface area contributed by atoms with Crippen molar-refractivity contribution in [1.29, 1.82) is 0 Å². The Morgan fingerprint density at radius 1 is 1.18 bits per heavy atom. The van der Waals surface area contributed by atoms with E-state index >= 15 is 0 Å². The second kappa shape index (κ2) is 12.4. The summed E-state index contributed by atoms with van der Waals surface area (Å²) in [5.41, 5.74) is 4.27. The summed E-state index contributed by atoms with van der Waals surface area (Å²) < 4.78 is 0. The summed E-state index contributed by atoms with van der Waals surface area (Å²) in [6, 6.07) is 5.62. The first-order valence-corrected chi connectivity index (χ1v) is 14.0. The smallest absolute Gasteiger partial charge is 0.247 e. The molecule has 0 spiro atoms. The number of amides is 1. The van der Waals surface area contributed by atoms with E-state index < -0.39 is 17.1 Å². The van der Waals surface area contributed by atoms with Crippen LogP contribution in [-0.2, 0) is 16.0 Å². The minimum atomic E-state index is -0.858. The first kappa shape index (κ1) is 29.8. The van der Waals surface area contributed by atoms with Crippen molar-refractivity contribution in [3.8, 4) is 5.75 Å². The fourth-order valence-electron chi connectivity index (χ4n) is 6.74. The van der Waals surface area contributed by atoms with Crippen LogP contribution in [0, 0.1) is 29.1 Å². The van der Waals surface area contributed by atoms with Gasteiger partial charge in [0, 0.05) is 24.3 Å². The zero-order chi connectivity index (χ0) is 28.2. The molecular formula is C32H43NO4S. The Bertz CT molecular complexity index is 1160. The van der Waals surface area contributed by atoms with Crippen LogP contribution in [-0.4, -0.2) is 27.3 Å². The largest absolute Gasteiger partial charge is 0.512 e. The molecule has 3 N–H and O–H groups in total. The van der Waals surface area contributed by atoms with Crippen LogP contribution in [0.15, 0.2) is 71.0 Å². The Kier molecular flexibility index (Phi) is 9.74. The number of phenolic OH excluding ortho intramolecular Hbond substituents is 1. The van der Waals surface area contributed by atoms with Gasteiger partial charge in [0.25, 0.3) is 0 Å². The molecule has 1 amide bonds. The topological polar surface area (TPSA) is 86.6 Å². The van der Waals surface area contributed by atoms with Crippen LogP contribution in [0.4, 0.5) is 0 Å². The van der Waals surface area contributed by atoms with Crippen LogP contribution in [0.2, 0.25) is 0 Å². The summed E-state index contributed by atoms with van der Waals surface area (Å²) in [6.45, 7) is 12.9. The molecule has 206 valence electrons. The number of rotatable bonds is 8. The second-order valence-corrected chi connectivity index (χ2v) is 12.1. The third-order valence-corrected chi connectivity index (χ3v) is 8.77. The summed E-state index contributed by atoms with van der Waals surface area (Å²) in [4.78, 5) is 25.3. The molecule has 6 atom stereocenters. The van der Waals surface area contributed by atoms with Crippen molar-refractivity contribution in [3.05, 3.63) is 76.6 Å². The molecule has 3 rings (SSSR count). The number of nitrogens with one attached hydrogen (secondary N) is 1. The van der Waals surface area contributed by atoms with E-state index in [-0.39, 0.29) is 41.1 Å². The van der Waals surface area contributed by atoms with Gasteiger partial charge in [-0.2, -0.15) is 0 Å². The van der Waals surface area contributed by atoms with Crippen molar-refractivity contribution >= 4 is 23.7 Å². The molecule has 0 heterocycles. The van der Waals surface area contributed by atoms with Crippen molar-refractivity contribution in [2.75, 3.05) is 0 Å². The number of carbonyl (C=O) groups excluding carboxylic acids is 2. The van der Waals surface area contributed by atoms with Gasteiger partial charge in [0.2, 0.25) is 11.0 Å². The Morgan fingerprint density at radius 3 is 2.45 bits per heavy atom. The first-order chi connectivity index (χ1) is 17.8. The van der Waals surface area contributed by atoms with Crippen molar-refractivity contribution in [3.63, 3.8) is 0 Å². The van der Waals surface area contributed by atoms with Gasteiger partial charge in [0.15, 0.2) is 0 Å². The maximum absolute atomic E-state index is 13.1. The average Bonchev–Trinajstić information content (AvgIpc) is 2.82. The molecule has 0 aliphatic heterocycles. The number of benzene rings is 1. The highest BCUT2D eigenvalue weighted by atomic mass is 32.1. The maximum Gasteiger partial charge on any atom is 0.247 e. The van der Waals surface area contributed by atoms with Gasteiger partial charge < -0.3 is 15.5 Å². The Morgan fingerprint density at radius 2 is 1.84 bits per heavy atom. The number of aromatic hydroxyl groups is 1. The number of hydrogen-bond acceptors (Lipinski definition) is 4. The molecule has 38 heavy (non-hydrogen) atoms. The van der Waals surface area contributed by atoms with Crippen LogP contribution in [0.1, 0.15) is 66.4 Å². The van der Waals surface area contributed by atoms with E-state index in [0.29, 0.717) is 5.92 Å². The monoisotopic (exact) mass is 537 g/mol. The lowest BCUT2D eigenvalue weighted by atomic mass is 9.52. The van der Waals surface area contributed by atoms with Crippen LogP contribution in [0.5, 0.6) is 5.75 Å². The van der Waals surface area contributed by atoms with Crippen molar-refractivity contribution in [2.24, 2.45) is 29.1 Å². The quantitative estimate of drug-likeness (QED) is 0.0959. The van der Waals surface area contributed by atoms with Crippen LogP contribution in [0.3, 0.4) is 0 Å². The molecule has 0 radical (unpaired) electrons. The van der Waals surface area contributed by atoms with Crippen molar-refractivity contribution < 1.29 is 19.8 Å². The van der Waals surface area contributed by atoms with E-state index in [9.17, 15) is 19.8 Å². The molecule has 1 fully saturated rings. The fraction of sp³-hybridized carbons (Fsp3) is 0.500. The molecular weight excluding hydrogens is 494 g/mol. The molecule has 1 aromatic rings. The van der Waals surface area contributed by atoms with Crippen molar-refractivity contribution in [1.82, 2.24) is 5.32 Å². The highest BCUT2D eigenvalue weighted by Crippen LogP contribution is 2.57. The summed E-state index contributed by atoms with van der Waals surface area (Å²) in [5, 5.41) is 23.4. The standard InChI is InChI=1S/C32H43NO4S/c1-7-19(2)14-21(4)29-22(5)18-32(6)17-20(3)8-13-25(32)30(29)27(35)16-28(36)33-26(31(37)38)15-23-9-11-24(34)12-10-23/h7,9-12,14,16,18,20,25-26,29-30,34-35H,8,13,15,17H2,1-6H3,(H,33,36)(H,37,38)/b19-7+,21-14+,27-16-/t20-,25+,26+,29-,30?,32+/m1/s1. The number of thiol groups is 1. The SMILES string of the molecule is C/C=C(C)/C=C(\C)[C@@H]1C(C)=C[C@]2(C)C[C@H](C)CC[C@H]2C1/C(O)=C/C(=O)N[C@@H](Cc1ccc(O)cc1)C(=O)S. The Hall–Kier alpha value is -2.73. The minimum Gasteiger partial charge on any atom is -0.512 e. The van der Waals surface area contributed by atoms with E-state index in [1.54, 1.807) is 12.1 Å². The van der Waals surface area contributed by atoms with Gasteiger partial charge >= 0.3 is 0 Å². The number of aliphatic hydroxyl groups is 1. The number of hydrogen-bond donors (Lipinski definition) is 4. The first-order valence-electron chi connectivity index (χ1n) is 13.6. The third kappa shape index (κ3) is 7.02. The van der Waals surface area contributed by atoms with E-state index in [1.165, 1.54) is 23.8 Å². The molecule has 1 aromatic carbocycles. The number of allylic oxidation sites excluding steroid dienone is 7. The number of aliphatic hydroxyl groups excluding tert-OH is 1. The lowest BCUT2D eigenvalue weighted by molar-refractivity contribution is -0.121. The molecule has 0 aromatic heterocycles. The molecule has 0 bridgehead atoms. The second-order valence-electron chi connectivity index (χ2n) is 11.7. The minimum absolute atomic E-state index is 0.0141. The number of carbonyl (C=O) groups is 2. The van der Waals surface area contributed by atoms with Crippen molar-refractivity contribution in [2.45, 2.75) is 73.3 Å². The Labute approximate surface area is 233 Å². The zero-order valence-electron chi connectivity index (χ0n) is 23.5. The van der Waals surface area contributed by atoms with Gasteiger partial charge in [-0.05, 0) is 75.5 Å². The van der Waals surface area contributed by atoms with Gasteiger partial charge in [-0.1, -0.05) is 67.3 Å². The molecule has 1 saturated carbocycles. The maximum atomic E-state index is 13.1. The summed E-state index contributed by atoms with van der Waals surface area (Å²) in [6.07, 6.45) is 11.3. The van der Waals surface area contributed by atoms with E-state index in [1.807, 2.05) is 6.92 Å². The van der Waals surface area contributed by atoms with E-state index in [4.69, 9.17) is 0 Å². The van der Waals surface area contributed by atoms with Gasteiger partial charge in [-0.3, -0.25) is 9.59 Å². The number of phenols is 1.